The number of hydrogen-bond donors (Lipinski definition) is 0. The fraction of sp³-hybridized carbons (Fsp3) is 0.400. The maximum Gasteiger partial charge on any atom is 0.350 e. The van der Waals surface area contributed by atoms with Crippen molar-refractivity contribution >= 4 is 17.3 Å². The zero-order chi connectivity index (χ0) is 11.4. The molecule has 5 heteroatoms. The molecule has 0 amide bonds. The average Bonchev–Trinajstić information content (AvgIpc) is 2.47. The Hall–Kier alpha value is -1.54. The van der Waals surface area contributed by atoms with Crippen LogP contribution in [0.2, 0.25) is 0 Å². The van der Waals surface area contributed by atoms with Crippen LogP contribution in [-0.2, 0) is 11.3 Å². The van der Waals surface area contributed by atoms with Crippen molar-refractivity contribution in [1.29, 1.82) is 0 Å². The summed E-state index contributed by atoms with van der Waals surface area (Å²) in [4.78, 5) is 23.0. The number of rotatable bonds is 3. The number of hydrogen-bond acceptors (Lipinski definition) is 4. The third-order valence-electron chi connectivity index (χ3n) is 1.85. The first-order valence-corrected chi connectivity index (χ1v) is 5.24. The molecule has 15 heavy (non-hydrogen) atoms. The molecule has 0 N–H and O–H groups in total. The van der Waals surface area contributed by atoms with E-state index in [0.29, 0.717) is 17.2 Å². The van der Waals surface area contributed by atoms with Gasteiger partial charge in [0.25, 0.3) is 0 Å². The van der Waals surface area contributed by atoms with E-state index in [4.69, 9.17) is 11.2 Å². The van der Waals surface area contributed by atoms with E-state index in [9.17, 15) is 9.59 Å². The van der Waals surface area contributed by atoms with Gasteiger partial charge in [0.05, 0.1) is 13.2 Å². The van der Waals surface area contributed by atoms with Gasteiger partial charge >= 0.3 is 10.8 Å². The summed E-state index contributed by atoms with van der Waals surface area (Å²) in [5.41, 5.74) is 0.571. The molecule has 0 spiro atoms. The Kier molecular flexibility index (Phi) is 3.69. The second-order valence-corrected chi connectivity index (χ2v) is 3.75. The van der Waals surface area contributed by atoms with E-state index in [1.165, 1.54) is 4.57 Å². The fourth-order valence-corrected chi connectivity index (χ4v) is 2.02. The summed E-state index contributed by atoms with van der Waals surface area (Å²) in [7, 11) is 0. The summed E-state index contributed by atoms with van der Waals surface area (Å²) in [5.74, 6) is 1.90. The van der Waals surface area contributed by atoms with Crippen molar-refractivity contribution in [1.82, 2.24) is 4.57 Å². The number of esters is 1. The molecule has 0 atom stereocenters. The van der Waals surface area contributed by atoms with Crippen LogP contribution in [0.5, 0.6) is 0 Å². The Morgan fingerprint density at radius 3 is 2.87 bits per heavy atom. The van der Waals surface area contributed by atoms with Gasteiger partial charge in [0.1, 0.15) is 4.88 Å². The molecule has 1 aromatic rings. The van der Waals surface area contributed by atoms with Crippen LogP contribution >= 0.6 is 11.3 Å². The summed E-state index contributed by atoms with van der Waals surface area (Å²) in [6.45, 7) is 3.87. The molecule has 0 unspecified atom stereocenters. The highest BCUT2D eigenvalue weighted by molar-refractivity contribution is 7.11. The fourth-order valence-electron chi connectivity index (χ4n) is 1.14. The van der Waals surface area contributed by atoms with Gasteiger partial charge in [-0.15, -0.1) is 6.42 Å². The van der Waals surface area contributed by atoms with Crippen molar-refractivity contribution in [3.63, 3.8) is 0 Å². The van der Waals surface area contributed by atoms with Gasteiger partial charge in [-0.3, -0.25) is 9.36 Å². The van der Waals surface area contributed by atoms with Gasteiger partial charge < -0.3 is 4.74 Å². The molecule has 1 heterocycles. The highest BCUT2D eigenvalue weighted by Crippen LogP contribution is 2.12. The maximum atomic E-state index is 11.4. The van der Waals surface area contributed by atoms with Crippen LogP contribution in [0.15, 0.2) is 4.79 Å². The second kappa shape index (κ2) is 4.80. The smallest absolute Gasteiger partial charge is 0.350 e. The van der Waals surface area contributed by atoms with Crippen LogP contribution in [0.25, 0.3) is 0 Å². The van der Waals surface area contributed by atoms with Crippen LogP contribution in [0.1, 0.15) is 22.3 Å². The first-order chi connectivity index (χ1) is 7.11. The third-order valence-corrected chi connectivity index (χ3v) is 2.91. The number of carbonyl (C=O) groups is 1. The molecule has 0 aliphatic heterocycles. The molecule has 0 saturated heterocycles. The highest BCUT2D eigenvalue weighted by atomic mass is 32.1. The molecule has 4 nitrogen and oxygen atoms in total. The molecule has 0 aromatic carbocycles. The van der Waals surface area contributed by atoms with Crippen molar-refractivity contribution in [2.24, 2.45) is 0 Å². The van der Waals surface area contributed by atoms with Crippen LogP contribution < -0.4 is 4.87 Å². The van der Waals surface area contributed by atoms with E-state index in [0.717, 1.165) is 11.3 Å². The van der Waals surface area contributed by atoms with Gasteiger partial charge in [0.2, 0.25) is 0 Å². The monoisotopic (exact) mass is 225 g/mol. The molecule has 0 radical (unpaired) electrons. The zero-order valence-electron chi connectivity index (χ0n) is 8.57. The Morgan fingerprint density at radius 1 is 1.67 bits per heavy atom. The van der Waals surface area contributed by atoms with Gasteiger partial charge in [-0.05, 0) is 13.8 Å². The number of aromatic nitrogens is 1. The minimum Gasteiger partial charge on any atom is -0.462 e. The number of nitrogens with zero attached hydrogens (tertiary/aromatic N) is 1. The first-order valence-electron chi connectivity index (χ1n) is 4.42. The van der Waals surface area contributed by atoms with Gasteiger partial charge in [0.15, 0.2) is 0 Å². The summed E-state index contributed by atoms with van der Waals surface area (Å²) >= 11 is 0.866. The number of terminal acetylenes is 1. The molecule has 0 aliphatic carbocycles. The lowest BCUT2D eigenvalue weighted by Crippen LogP contribution is -2.13. The number of thiazole rings is 1. The summed E-state index contributed by atoms with van der Waals surface area (Å²) in [5, 5.41) is 0. The molecular weight excluding hydrogens is 214 g/mol. The van der Waals surface area contributed by atoms with E-state index in [-0.39, 0.29) is 11.4 Å². The quantitative estimate of drug-likeness (QED) is 0.570. The number of ether oxygens (including phenoxy) is 1. The Balaban J connectivity index is 3.13. The van der Waals surface area contributed by atoms with Crippen molar-refractivity contribution in [2.45, 2.75) is 20.4 Å². The van der Waals surface area contributed by atoms with Crippen LogP contribution in [0, 0.1) is 19.3 Å². The minimum absolute atomic E-state index is 0.181. The maximum absolute atomic E-state index is 11.4. The van der Waals surface area contributed by atoms with E-state index < -0.39 is 5.97 Å². The molecule has 0 bridgehead atoms. The van der Waals surface area contributed by atoms with Crippen LogP contribution in [-0.4, -0.2) is 17.1 Å². The normalized spacial score (nSPS) is 9.67. The molecule has 1 aromatic heterocycles. The topological polar surface area (TPSA) is 48.3 Å². The summed E-state index contributed by atoms with van der Waals surface area (Å²) in [6.07, 6.45) is 5.12. The standard InChI is InChI=1S/C10H11NO3S/c1-4-6-11-7(3)8(15-10(11)13)9(12)14-5-2/h1H,5-6H2,2-3H3. The van der Waals surface area contributed by atoms with Gasteiger partial charge in [0, 0.05) is 5.69 Å². The lowest BCUT2D eigenvalue weighted by molar-refractivity contribution is 0.0530. The first kappa shape index (κ1) is 11.5. The van der Waals surface area contributed by atoms with Crippen molar-refractivity contribution < 1.29 is 9.53 Å². The third kappa shape index (κ3) is 2.28. The molecular formula is C10H11NO3S. The van der Waals surface area contributed by atoms with Crippen molar-refractivity contribution in [2.75, 3.05) is 6.61 Å². The van der Waals surface area contributed by atoms with E-state index in [1.807, 2.05) is 0 Å². The van der Waals surface area contributed by atoms with Gasteiger partial charge in [-0.2, -0.15) is 0 Å². The van der Waals surface area contributed by atoms with Crippen LogP contribution in [0.3, 0.4) is 0 Å². The van der Waals surface area contributed by atoms with E-state index in [1.54, 1.807) is 13.8 Å². The van der Waals surface area contributed by atoms with Crippen molar-refractivity contribution in [3.8, 4) is 12.3 Å². The van der Waals surface area contributed by atoms with Gasteiger partial charge in [-0.25, -0.2) is 4.79 Å². The molecule has 80 valence electrons. The second-order valence-electron chi connectivity index (χ2n) is 2.79. The van der Waals surface area contributed by atoms with E-state index >= 15 is 0 Å². The predicted octanol–water partition coefficient (Wildman–Crippen LogP) is 1.03. The molecule has 0 aliphatic rings. The lowest BCUT2D eigenvalue weighted by atomic mass is 10.4. The van der Waals surface area contributed by atoms with Crippen LogP contribution in [0.4, 0.5) is 0 Å². The Bertz CT molecular complexity index is 464. The minimum atomic E-state index is -0.465. The number of carbonyl (C=O) groups excluding carboxylic acids is 1. The van der Waals surface area contributed by atoms with Gasteiger partial charge in [-0.1, -0.05) is 17.3 Å². The predicted molar refractivity (Wildman–Crippen MR) is 58.1 cm³/mol. The molecule has 1 rings (SSSR count). The zero-order valence-corrected chi connectivity index (χ0v) is 9.39. The Morgan fingerprint density at radius 2 is 2.33 bits per heavy atom. The highest BCUT2D eigenvalue weighted by Gasteiger charge is 2.17. The SMILES string of the molecule is C#CCn1c(C)c(C(=O)OCC)sc1=O. The van der Waals surface area contributed by atoms with E-state index in [2.05, 4.69) is 5.92 Å². The molecule has 0 fully saturated rings. The lowest BCUT2D eigenvalue weighted by Gasteiger charge is -2.01. The molecule has 0 saturated carbocycles. The summed E-state index contributed by atoms with van der Waals surface area (Å²) in [6, 6.07) is 0. The average molecular weight is 225 g/mol. The Labute approximate surface area is 91.5 Å². The summed E-state index contributed by atoms with van der Waals surface area (Å²) < 4.78 is 6.21. The largest absolute Gasteiger partial charge is 0.462 e. The van der Waals surface area contributed by atoms with Crippen molar-refractivity contribution in [3.05, 3.63) is 20.2 Å².